The highest BCUT2D eigenvalue weighted by molar-refractivity contribution is 5.94. The third-order valence-corrected chi connectivity index (χ3v) is 5.20. The van der Waals surface area contributed by atoms with Gasteiger partial charge in [-0.05, 0) is 60.4 Å². The summed E-state index contributed by atoms with van der Waals surface area (Å²) in [7, 11) is 0. The average molecular weight is 393 g/mol. The fourth-order valence-corrected chi connectivity index (χ4v) is 3.44. The minimum absolute atomic E-state index is 0.0552. The smallest absolute Gasteiger partial charge is 0.254 e. The van der Waals surface area contributed by atoms with Crippen molar-refractivity contribution in [3.05, 3.63) is 95.1 Å². The molecule has 3 nitrogen and oxygen atoms in total. The molecule has 4 heteroatoms. The Labute approximate surface area is 172 Å². The van der Waals surface area contributed by atoms with Gasteiger partial charge in [0.25, 0.3) is 5.91 Å². The molecule has 0 N–H and O–H groups in total. The molecular formula is C25H29FN2O. The summed E-state index contributed by atoms with van der Waals surface area (Å²) in [5.74, 6) is -0.175. The topological polar surface area (TPSA) is 25.2 Å². The molecule has 0 spiro atoms. The first-order valence-corrected chi connectivity index (χ1v) is 10.4. The van der Waals surface area contributed by atoms with Gasteiger partial charge in [-0.15, -0.1) is 0 Å². The Kier molecular flexibility index (Phi) is 7.23. The molecule has 0 bridgehead atoms. The maximum Gasteiger partial charge on any atom is 0.254 e. The summed E-state index contributed by atoms with van der Waals surface area (Å²) in [6.07, 6.45) is 4.94. The second-order valence-electron chi connectivity index (χ2n) is 7.39. The fourth-order valence-electron chi connectivity index (χ4n) is 3.44. The number of unbranched alkanes of at least 4 members (excludes halogenated alkanes) is 1. The molecule has 1 amide bonds. The average Bonchev–Trinajstić information content (AvgIpc) is 3.17. The van der Waals surface area contributed by atoms with Crippen LogP contribution in [-0.2, 0) is 19.5 Å². The lowest BCUT2D eigenvalue weighted by Gasteiger charge is -2.24. The first-order chi connectivity index (χ1) is 14.1. The summed E-state index contributed by atoms with van der Waals surface area (Å²) in [5, 5.41) is 0. The molecule has 3 aromatic rings. The maximum absolute atomic E-state index is 13.5. The Morgan fingerprint density at radius 3 is 2.48 bits per heavy atom. The summed E-state index contributed by atoms with van der Waals surface area (Å²) in [6, 6.07) is 18.6. The van der Waals surface area contributed by atoms with Crippen LogP contribution in [0.25, 0.3) is 0 Å². The molecule has 1 aromatic heterocycles. The molecule has 3 rings (SSSR count). The lowest BCUT2D eigenvalue weighted by atomic mass is 10.1. The fraction of sp³-hybridized carbons (Fsp3) is 0.320. The Hall–Kier alpha value is -2.88. The van der Waals surface area contributed by atoms with Crippen molar-refractivity contribution in [1.82, 2.24) is 9.47 Å². The van der Waals surface area contributed by atoms with E-state index < -0.39 is 0 Å². The van der Waals surface area contributed by atoms with E-state index in [-0.39, 0.29) is 11.7 Å². The molecular weight excluding hydrogens is 363 g/mol. The quantitative estimate of drug-likeness (QED) is 0.460. The third kappa shape index (κ3) is 5.57. The molecule has 0 saturated carbocycles. The van der Waals surface area contributed by atoms with Crippen molar-refractivity contribution in [2.24, 2.45) is 0 Å². The summed E-state index contributed by atoms with van der Waals surface area (Å²) in [6.45, 7) is 6.08. The maximum atomic E-state index is 13.5. The number of rotatable bonds is 9. The third-order valence-electron chi connectivity index (χ3n) is 5.20. The van der Waals surface area contributed by atoms with E-state index in [1.165, 1.54) is 11.6 Å². The number of aryl methyl sites for hydroxylation is 1. The SMILES string of the molecule is CCCCN(Cc1cccn1Cc1cccc(F)c1)C(=O)c1ccc(CC)cc1. The number of nitrogens with zero attached hydrogens (tertiary/aromatic N) is 2. The van der Waals surface area contributed by atoms with Crippen molar-refractivity contribution < 1.29 is 9.18 Å². The van der Waals surface area contributed by atoms with Gasteiger partial charge < -0.3 is 9.47 Å². The standard InChI is InChI=1S/C25H29FN2O/c1-3-5-15-28(25(29)22-13-11-20(4-2)12-14-22)19-24-10-7-16-27(24)18-21-8-6-9-23(26)17-21/h6-14,16-17H,3-5,15,18-19H2,1-2H3. The summed E-state index contributed by atoms with van der Waals surface area (Å²) >= 11 is 0. The molecule has 0 aliphatic rings. The van der Waals surface area contributed by atoms with E-state index in [1.807, 2.05) is 53.6 Å². The van der Waals surface area contributed by atoms with Gasteiger partial charge >= 0.3 is 0 Å². The molecule has 0 aliphatic heterocycles. The molecule has 2 aromatic carbocycles. The number of hydrogen-bond acceptors (Lipinski definition) is 1. The zero-order valence-corrected chi connectivity index (χ0v) is 17.3. The number of hydrogen-bond donors (Lipinski definition) is 0. The largest absolute Gasteiger partial charge is 0.345 e. The van der Waals surface area contributed by atoms with Crippen molar-refractivity contribution in [2.75, 3.05) is 6.54 Å². The van der Waals surface area contributed by atoms with Crippen LogP contribution >= 0.6 is 0 Å². The van der Waals surface area contributed by atoms with Crippen molar-refractivity contribution in [3.63, 3.8) is 0 Å². The molecule has 0 aliphatic carbocycles. The van der Waals surface area contributed by atoms with E-state index in [0.717, 1.165) is 42.6 Å². The minimum atomic E-state index is -0.230. The number of halogens is 1. The Bertz CT molecular complexity index is 930. The van der Waals surface area contributed by atoms with Crippen LogP contribution in [0.1, 0.15) is 53.9 Å². The molecule has 152 valence electrons. The molecule has 0 radical (unpaired) electrons. The van der Waals surface area contributed by atoms with E-state index in [1.54, 1.807) is 12.1 Å². The lowest BCUT2D eigenvalue weighted by molar-refractivity contribution is 0.0737. The molecule has 0 atom stereocenters. The molecule has 0 fully saturated rings. The highest BCUT2D eigenvalue weighted by Crippen LogP contribution is 2.15. The van der Waals surface area contributed by atoms with Crippen LogP contribution in [0.5, 0.6) is 0 Å². The first kappa shape index (κ1) is 20.8. The van der Waals surface area contributed by atoms with Gasteiger partial charge in [-0.3, -0.25) is 4.79 Å². The Morgan fingerprint density at radius 1 is 1.00 bits per heavy atom. The van der Waals surface area contributed by atoms with Crippen LogP contribution in [-0.4, -0.2) is 21.9 Å². The van der Waals surface area contributed by atoms with Gasteiger partial charge in [0.1, 0.15) is 5.82 Å². The number of aromatic nitrogens is 1. The second-order valence-corrected chi connectivity index (χ2v) is 7.39. The van der Waals surface area contributed by atoms with Gasteiger partial charge in [-0.25, -0.2) is 4.39 Å². The van der Waals surface area contributed by atoms with Crippen LogP contribution in [0.2, 0.25) is 0 Å². The normalized spacial score (nSPS) is 10.9. The first-order valence-electron chi connectivity index (χ1n) is 10.4. The summed E-state index contributed by atoms with van der Waals surface area (Å²) < 4.78 is 15.6. The monoisotopic (exact) mass is 392 g/mol. The number of benzene rings is 2. The Morgan fingerprint density at radius 2 is 1.79 bits per heavy atom. The van der Waals surface area contributed by atoms with E-state index >= 15 is 0 Å². The van der Waals surface area contributed by atoms with Crippen molar-refractivity contribution in [1.29, 1.82) is 0 Å². The van der Waals surface area contributed by atoms with Gasteiger partial charge in [-0.1, -0.05) is 44.5 Å². The molecule has 0 saturated heterocycles. The Balaban J connectivity index is 1.78. The van der Waals surface area contributed by atoms with Crippen LogP contribution in [0.3, 0.4) is 0 Å². The molecule has 0 unspecified atom stereocenters. The van der Waals surface area contributed by atoms with Crippen LogP contribution in [0, 0.1) is 5.82 Å². The van der Waals surface area contributed by atoms with E-state index in [2.05, 4.69) is 18.4 Å². The molecule has 1 heterocycles. The van der Waals surface area contributed by atoms with Gasteiger partial charge in [0.05, 0.1) is 6.54 Å². The number of carbonyl (C=O) groups is 1. The van der Waals surface area contributed by atoms with Gasteiger partial charge in [0.15, 0.2) is 0 Å². The lowest BCUT2D eigenvalue weighted by Crippen LogP contribution is -2.32. The van der Waals surface area contributed by atoms with Crippen LogP contribution in [0.4, 0.5) is 4.39 Å². The highest BCUT2D eigenvalue weighted by atomic mass is 19.1. The number of carbonyl (C=O) groups excluding carboxylic acids is 1. The van der Waals surface area contributed by atoms with Crippen LogP contribution in [0.15, 0.2) is 66.9 Å². The zero-order chi connectivity index (χ0) is 20.6. The molecule has 29 heavy (non-hydrogen) atoms. The van der Waals surface area contributed by atoms with E-state index in [4.69, 9.17) is 0 Å². The summed E-state index contributed by atoms with van der Waals surface area (Å²) in [5.41, 5.74) is 3.90. The summed E-state index contributed by atoms with van der Waals surface area (Å²) in [4.78, 5) is 15.1. The van der Waals surface area contributed by atoms with Crippen molar-refractivity contribution >= 4 is 5.91 Å². The van der Waals surface area contributed by atoms with Crippen LogP contribution < -0.4 is 0 Å². The predicted molar refractivity (Wildman–Crippen MR) is 115 cm³/mol. The van der Waals surface area contributed by atoms with E-state index in [0.29, 0.717) is 13.1 Å². The highest BCUT2D eigenvalue weighted by Gasteiger charge is 2.17. The predicted octanol–water partition coefficient (Wildman–Crippen LogP) is 5.68. The van der Waals surface area contributed by atoms with Gasteiger partial charge in [-0.2, -0.15) is 0 Å². The second kappa shape index (κ2) is 10.1. The van der Waals surface area contributed by atoms with Gasteiger partial charge in [0, 0.05) is 30.5 Å². The van der Waals surface area contributed by atoms with Crippen molar-refractivity contribution in [2.45, 2.75) is 46.2 Å². The zero-order valence-electron chi connectivity index (χ0n) is 17.3. The number of amides is 1. The minimum Gasteiger partial charge on any atom is -0.345 e. The van der Waals surface area contributed by atoms with E-state index in [9.17, 15) is 9.18 Å². The van der Waals surface area contributed by atoms with Gasteiger partial charge in [0.2, 0.25) is 0 Å². The van der Waals surface area contributed by atoms with Crippen molar-refractivity contribution in [3.8, 4) is 0 Å².